The molecule has 1 fully saturated rings. The van der Waals surface area contributed by atoms with Crippen molar-refractivity contribution >= 4 is 16.8 Å². The predicted octanol–water partition coefficient (Wildman–Crippen LogP) is 2.48. The van der Waals surface area contributed by atoms with E-state index in [4.69, 9.17) is 0 Å². The van der Waals surface area contributed by atoms with Gasteiger partial charge in [-0.3, -0.25) is 9.59 Å². The highest BCUT2D eigenvalue weighted by atomic mass is 16.2. The molecule has 1 atom stereocenters. The Hall–Kier alpha value is -3.81. The molecule has 1 aliphatic rings. The molecule has 29 heavy (non-hydrogen) atoms. The van der Waals surface area contributed by atoms with E-state index in [2.05, 4.69) is 20.2 Å². The maximum atomic E-state index is 13.1. The fourth-order valence-electron chi connectivity index (χ4n) is 3.75. The lowest BCUT2D eigenvalue weighted by atomic mass is 10.2. The van der Waals surface area contributed by atoms with Gasteiger partial charge in [-0.2, -0.15) is 9.90 Å². The number of carbonyl (C=O) groups is 1. The molecule has 8 nitrogen and oxygen atoms in total. The number of hydrogen-bond acceptors (Lipinski definition) is 5. The molecule has 0 radical (unpaired) electrons. The van der Waals surface area contributed by atoms with E-state index in [1.165, 1.54) is 11.0 Å². The highest BCUT2D eigenvalue weighted by molar-refractivity contribution is 5.92. The SMILES string of the molecule is O=C(c1cnn(-c2ccccc2)n1)N1CCCC1c1nc2ccccc2c(=O)[nH]1. The molecule has 0 bridgehead atoms. The Bertz CT molecular complexity index is 1250. The van der Waals surface area contributed by atoms with Crippen LogP contribution in [0.1, 0.15) is 35.2 Å². The van der Waals surface area contributed by atoms with Crippen LogP contribution in [0.25, 0.3) is 16.6 Å². The monoisotopic (exact) mass is 386 g/mol. The molecule has 3 heterocycles. The van der Waals surface area contributed by atoms with Crippen molar-refractivity contribution in [3.63, 3.8) is 0 Å². The summed E-state index contributed by atoms with van der Waals surface area (Å²) in [5.41, 5.74) is 1.48. The molecule has 1 N–H and O–H groups in total. The first-order valence-electron chi connectivity index (χ1n) is 9.48. The maximum Gasteiger partial charge on any atom is 0.276 e. The molecule has 0 saturated carbocycles. The summed E-state index contributed by atoms with van der Waals surface area (Å²) >= 11 is 0. The number of para-hydroxylation sites is 2. The molecule has 8 heteroatoms. The fraction of sp³-hybridized carbons (Fsp3) is 0.190. The van der Waals surface area contributed by atoms with Gasteiger partial charge in [0.1, 0.15) is 5.82 Å². The number of likely N-dealkylation sites (tertiary alicyclic amines) is 1. The topological polar surface area (TPSA) is 96.8 Å². The normalized spacial score (nSPS) is 16.4. The Morgan fingerprint density at radius 3 is 2.72 bits per heavy atom. The van der Waals surface area contributed by atoms with E-state index in [9.17, 15) is 9.59 Å². The quantitative estimate of drug-likeness (QED) is 0.583. The van der Waals surface area contributed by atoms with Gasteiger partial charge in [-0.05, 0) is 37.1 Å². The number of carbonyl (C=O) groups excluding carboxylic acids is 1. The van der Waals surface area contributed by atoms with Gasteiger partial charge in [0.15, 0.2) is 5.69 Å². The molecule has 0 spiro atoms. The van der Waals surface area contributed by atoms with Gasteiger partial charge in [0.05, 0.1) is 28.8 Å². The molecule has 1 unspecified atom stereocenters. The molecular formula is C21H18N6O2. The van der Waals surface area contributed by atoms with Crippen molar-refractivity contribution in [3.8, 4) is 5.69 Å². The molecule has 1 amide bonds. The molecule has 5 rings (SSSR count). The summed E-state index contributed by atoms with van der Waals surface area (Å²) in [6.45, 7) is 0.582. The van der Waals surface area contributed by atoms with E-state index < -0.39 is 0 Å². The predicted molar refractivity (Wildman–Crippen MR) is 107 cm³/mol. The van der Waals surface area contributed by atoms with Gasteiger partial charge in [0.2, 0.25) is 0 Å². The minimum atomic E-state index is -0.290. The summed E-state index contributed by atoms with van der Waals surface area (Å²) < 4.78 is 0. The van der Waals surface area contributed by atoms with E-state index in [-0.39, 0.29) is 23.2 Å². The van der Waals surface area contributed by atoms with E-state index >= 15 is 0 Å². The van der Waals surface area contributed by atoms with Crippen LogP contribution in [0.3, 0.4) is 0 Å². The number of amides is 1. The lowest BCUT2D eigenvalue weighted by Gasteiger charge is -2.23. The van der Waals surface area contributed by atoms with Crippen LogP contribution in [0.15, 0.2) is 65.6 Å². The summed E-state index contributed by atoms with van der Waals surface area (Å²) in [4.78, 5) is 36.2. The van der Waals surface area contributed by atoms with E-state index in [1.807, 2.05) is 36.4 Å². The number of benzene rings is 2. The zero-order valence-corrected chi connectivity index (χ0v) is 15.5. The lowest BCUT2D eigenvalue weighted by molar-refractivity contribution is 0.0723. The highest BCUT2D eigenvalue weighted by Crippen LogP contribution is 2.31. The Kier molecular flexibility index (Phi) is 4.16. The van der Waals surface area contributed by atoms with Gasteiger partial charge in [-0.15, -0.1) is 5.10 Å². The first-order chi connectivity index (χ1) is 14.2. The van der Waals surface area contributed by atoms with E-state index in [0.29, 0.717) is 23.3 Å². The minimum Gasteiger partial charge on any atom is -0.327 e. The third-order valence-corrected chi connectivity index (χ3v) is 5.16. The fourth-order valence-corrected chi connectivity index (χ4v) is 3.75. The molecule has 2 aromatic heterocycles. The molecule has 0 aliphatic carbocycles. The Balaban J connectivity index is 1.46. The van der Waals surface area contributed by atoms with E-state index in [0.717, 1.165) is 18.5 Å². The zero-order chi connectivity index (χ0) is 19.8. The van der Waals surface area contributed by atoms with Gasteiger partial charge >= 0.3 is 0 Å². The van der Waals surface area contributed by atoms with Crippen LogP contribution in [0.4, 0.5) is 0 Å². The van der Waals surface area contributed by atoms with Crippen LogP contribution >= 0.6 is 0 Å². The van der Waals surface area contributed by atoms with Crippen molar-refractivity contribution in [1.29, 1.82) is 0 Å². The number of hydrogen-bond donors (Lipinski definition) is 1. The van der Waals surface area contributed by atoms with Crippen molar-refractivity contribution in [1.82, 2.24) is 29.9 Å². The van der Waals surface area contributed by atoms with Gasteiger partial charge in [-0.1, -0.05) is 30.3 Å². The number of aromatic nitrogens is 5. The van der Waals surface area contributed by atoms with Crippen LogP contribution in [0.5, 0.6) is 0 Å². The van der Waals surface area contributed by atoms with Crippen molar-refractivity contribution in [2.75, 3.05) is 6.54 Å². The second-order valence-corrected chi connectivity index (χ2v) is 6.98. The molecule has 1 saturated heterocycles. The highest BCUT2D eigenvalue weighted by Gasteiger charge is 2.33. The summed E-state index contributed by atoms with van der Waals surface area (Å²) in [7, 11) is 0. The van der Waals surface area contributed by atoms with Gasteiger partial charge in [-0.25, -0.2) is 4.98 Å². The van der Waals surface area contributed by atoms with Crippen molar-refractivity contribution in [2.24, 2.45) is 0 Å². The number of rotatable bonds is 3. The minimum absolute atomic E-state index is 0.195. The molecule has 144 valence electrons. The average molecular weight is 386 g/mol. The number of nitrogens with one attached hydrogen (secondary N) is 1. The number of fused-ring (bicyclic) bond motifs is 1. The average Bonchev–Trinajstić information content (AvgIpc) is 3.44. The zero-order valence-electron chi connectivity index (χ0n) is 15.5. The maximum absolute atomic E-state index is 13.1. The molecule has 1 aliphatic heterocycles. The van der Waals surface area contributed by atoms with Crippen LogP contribution in [-0.4, -0.2) is 42.3 Å². The first-order valence-corrected chi connectivity index (χ1v) is 9.48. The summed E-state index contributed by atoms with van der Waals surface area (Å²) in [5, 5.41) is 9.10. The molecular weight excluding hydrogens is 368 g/mol. The molecule has 2 aromatic carbocycles. The van der Waals surface area contributed by atoms with Crippen molar-refractivity contribution in [2.45, 2.75) is 18.9 Å². The summed E-state index contributed by atoms with van der Waals surface area (Å²) in [5.74, 6) is 0.292. The van der Waals surface area contributed by atoms with Crippen LogP contribution < -0.4 is 5.56 Å². The number of aromatic amines is 1. The largest absolute Gasteiger partial charge is 0.327 e. The molecule has 4 aromatic rings. The summed E-state index contributed by atoms with van der Waals surface area (Å²) in [6.07, 6.45) is 3.04. The summed E-state index contributed by atoms with van der Waals surface area (Å²) in [6, 6.07) is 16.3. The number of nitrogens with zero attached hydrogens (tertiary/aromatic N) is 5. The Morgan fingerprint density at radius 2 is 1.86 bits per heavy atom. The van der Waals surface area contributed by atoms with Crippen molar-refractivity contribution in [3.05, 3.63) is 82.7 Å². The lowest BCUT2D eigenvalue weighted by Crippen LogP contribution is -2.32. The van der Waals surface area contributed by atoms with E-state index in [1.54, 1.807) is 23.1 Å². The van der Waals surface area contributed by atoms with Gasteiger partial charge < -0.3 is 9.88 Å². The van der Waals surface area contributed by atoms with Gasteiger partial charge in [0, 0.05) is 6.54 Å². The number of H-pyrrole nitrogens is 1. The van der Waals surface area contributed by atoms with Crippen LogP contribution in [0.2, 0.25) is 0 Å². The second-order valence-electron chi connectivity index (χ2n) is 6.98. The smallest absolute Gasteiger partial charge is 0.276 e. The second kappa shape index (κ2) is 6.97. The Morgan fingerprint density at radius 1 is 1.07 bits per heavy atom. The van der Waals surface area contributed by atoms with Crippen LogP contribution in [-0.2, 0) is 0 Å². The third-order valence-electron chi connectivity index (χ3n) is 5.16. The Labute approximate surface area is 165 Å². The van der Waals surface area contributed by atoms with Gasteiger partial charge in [0.25, 0.3) is 11.5 Å². The third kappa shape index (κ3) is 3.08. The van der Waals surface area contributed by atoms with Crippen LogP contribution in [0, 0.1) is 0 Å². The standard InChI is InChI=1S/C21H18N6O2/c28-20-15-9-4-5-10-16(15)23-19(24-20)18-11-6-12-26(18)21(29)17-13-22-27(25-17)14-7-2-1-3-8-14/h1-5,7-10,13,18H,6,11-12H2,(H,23,24,28). The first kappa shape index (κ1) is 17.3. The van der Waals surface area contributed by atoms with Crippen molar-refractivity contribution < 1.29 is 4.79 Å².